The summed E-state index contributed by atoms with van der Waals surface area (Å²) >= 11 is 0. The molecule has 2 aliphatic heterocycles. The van der Waals surface area contributed by atoms with Crippen LogP contribution >= 0.6 is 0 Å². The molecule has 0 bridgehead atoms. The second kappa shape index (κ2) is 9.13. The Balaban J connectivity index is 1.22. The Bertz CT molecular complexity index is 783. The first-order valence-electron chi connectivity index (χ1n) is 10.4. The summed E-state index contributed by atoms with van der Waals surface area (Å²) in [5.41, 5.74) is 1.19. The Morgan fingerprint density at radius 2 is 1.69 bits per heavy atom. The second-order valence-electron chi connectivity index (χ2n) is 7.73. The summed E-state index contributed by atoms with van der Waals surface area (Å²) in [5.74, 6) is 2.32. The van der Waals surface area contributed by atoms with Crippen LogP contribution in [0.5, 0.6) is 5.75 Å². The van der Waals surface area contributed by atoms with Gasteiger partial charge in [-0.15, -0.1) is 0 Å². The zero-order valence-corrected chi connectivity index (χ0v) is 17.1. The van der Waals surface area contributed by atoms with E-state index in [2.05, 4.69) is 39.0 Å². The molecule has 7 heteroatoms. The molecule has 2 aliphatic rings. The highest BCUT2D eigenvalue weighted by Gasteiger charge is 2.29. The van der Waals surface area contributed by atoms with Crippen molar-refractivity contribution >= 4 is 17.4 Å². The van der Waals surface area contributed by atoms with Crippen LogP contribution in [0.3, 0.4) is 0 Å². The number of ether oxygens (including phenoxy) is 1. The van der Waals surface area contributed by atoms with Crippen LogP contribution in [0.1, 0.15) is 0 Å². The number of aromatic amines is 1. The van der Waals surface area contributed by atoms with E-state index in [1.807, 2.05) is 29.3 Å². The molecule has 1 amide bonds. The van der Waals surface area contributed by atoms with Crippen LogP contribution in [0, 0.1) is 0 Å². The monoisotopic (exact) mass is 397 g/mol. The predicted molar refractivity (Wildman–Crippen MR) is 113 cm³/mol. The van der Waals surface area contributed by atoms with Crippen LogP contribution in [-0.4, -0.2) is 76.8 Å². The first kappa shape index (κ1) is 19.5. The molecule has 0 unspecified atom stereocenters. The van der Waals surface area contributed by atoms with E-state index >= 15 is 0 Å². The normalized spacial score (nSPS) is 18.0. The molecule has 0 aliphatic carbocycles. The van der Waals surface area contributed by atoms with Crippen molar-refractivity contribution in [3.05, 3.63) is 48.7 Å². The van der Waals surface area contributed by atoms with E-state index < -0.39 is 0 Å². The first-order chi connectivity index (χ1) is 14.2. The standard InChI is InChI=1S/C22H29N5O2/c1-29-20-7-5-19(6-8-20)25-14-16-27(17-15-25)22(28)18-24-10-12-26(13-11-24)21-4-2-3-9-23-21/h2-9H,10-18H2,1H3/p+2. The molecule has 3 heterocycles. The third-order valence-electron chi connectivity index (χ3n) is 5.98. The number of methoxy groups -OCH3 is 1. The molecule has 1 aromatic heterocycles. The Kier molecular flexibility index (Phi) is 6.14. The molecule has 0 radical (unpaired) electrons. The molecule has 0 saturated carbocycles. The lowest BCUT2D eigenvalue weighted by atomic mass is 10.2. The van der Waals surface area contributed by atoms with Crippen molar-refractivity contribution in [2.24, 2.45) is 0 Å². The van der Waals surface area contributed by atoms with Crippen molar-refractivity contribution in [1.29, 1.82) is 0 Å². The second-order valence-corrected chi connectivity index (χ2v) is 7.73. The van der Waals surface area contributed by atoms with Gasteiger partial charge in [0.2, 0.25) is 0 Å². The van der Waals surface area contributed by atoms with Crippen molar-refractivity contribution < 1.29 is 19.4 Å². The summed E-state index contributed by atoms with van der Waals surface area (Å²) in [5, 5.41) is 0. The van der Waals surface area contributed by atoms with E-state index in [4.69, 9.17) is 4.74 Å². The number of piperazine rings is 2. The lowest BCUT2D eigenvalue weighted by molar-refractivity contribution is -0.892. The number of nitrogens with one attached hydrogen (secondary N) is 2. The number of hydrogen-bond donors (Lipinski definition) is 1. The van der Waals surface area contributed by atoms with Crippen LogP contribution in [0.2, 0.25) is 0 Å². The molecule has 4 rings (SSSR count). The van der Waals surface area contributed by atoms with E-state index in [0.29, 0.717) is 6.54 Å². The smallest absolute Gasteiger partial charge is 0.277 e. The number of pyridine rings is 1. The minimum Gasteiger partial charge on any atom is -0.497 e. The molecule has 2 aromatic rings. The Hall–Kier alpha value is -2.80. The van der Waals surface area contributed by atoms with Crippen molar-refractivity contribution in [1.82, 2.24) is 4.90 Å². The van der Waals surface area contributed by atoms with Crippen molar-refractivity contribution in [2.45, 2.75) is 0 Å². The summed E-state index contributed by atoms with van der Waals surface area (Å²) in [6.07, 6.45) is 1.96. The molecule has 0 atom stereocenters. The Morgan fingerprint density at radius 3 is 2.31 bits per heavy atom. The lowest BCUT2D eigenvalue weighted by Crippen LogP contribution is -3.16. The average molecular weight is 398 g/mol. The molecule has 29 heavy (non-hydrogen) atoms. The number of amides is 1. The van der Waals surface area contributed by atoms with Crippen LogP contribution < -0.4 is 24.4 Å². The van der Waals surface area contributed by atoms with Gasteiger partial charge in [-0.3, -0.25) is 9.69 Å². The van der Waals surface area contributed by atoms with Crippen molar-refractivity contribution in [2.75, 3.05) is 75.8 Å². The number of hydrogen-bond acceptors (Lipinski definition) is 4. The fraction of sp³-hybridized carbons (Fsp3) is 0.455. The lowest BCUT2D eigenvalue weighted by Gasteiger charge is -2.37. The van der Waals surface area contributed by atoms with Gasteiger partial charge in [0.15, 0.2) is 6.54 Å². The fourth-order valence-electron chi connectivity index (χ4n) is 4.15. The maximum Gasteiger partial charge on any atom is 0.277 e. The Labute approximate surface area is 172 Å². The number of H-pyrrole nitrogens is 1. The van der Waals surface area contributed by atoms with Gasteiger partial charge in [0.1, 0.15) is 31.9 Å². The minimum atomic E-state index is 0.286. The highest BCUT2D eigenvalue weighted by Crippen LogP contribution is 2.20. The topological polar surface area (TPSA) is 54.6 Å². The molecule has 0 spiro atoms. The maximum absolute atomic E-state index is 12.8. The van der Waals surface area contributed by atoms with E-state index in [1.165, 1.54) is 10.6 Å². The molecular weight excluding hydrogens is 366 g/mol. The predicted octanol–water partition coefficient (Wildman–Crippen LogP) is -0.437. The number of anilines is 2. The minimum absolute atomic E-state index is 0.286. The molecular formula is C22H31N5O2+2. The van der Waals surface area contributed by atoms with Gasteiger partial charge >= 0.3 is 0 Å². The molecule has 2 N–H and O–H groups in total. The highest BCUT2D eigenvalue weighted by atomic mass is 16.5. The quantitative estimate of drug-likeness (QED) is 0.744. The zero-order chi connectivity index (χ0) is 20.1. The largest absolute Gasteiger partial charge is 0.497 e. The third-order valence-corrected chi connectivity index (χ3v) is 5.98. The summed E-state index contributed by atoms with van der Waals surface area (Å²) in [7, 11) is 1.68. The van der Waals surface area contributed by atoms with Gasteiger partial charge in [-0.1, -0.05) is 6.07 Å². The van der Waals surface area contributed by atoms with Crippen LogP contribution in [0.25, 0.3) is 0 Å². The summed E-state index contributed by atoms with van der Waals surface area (Å²) in [4.78, 5) is 24.2. The number of nitrogens with zero attached hydrogens (tertiary/aromatic N) is 3. The summed E-state index contributed by atoms with van der Waals surface area (Å²) < 4.78 is 5.23. The number of quaternary nitrogens is 1. The van der Waals surface area contributed by atoms with Crippen LogP contribution in [-0.2, 0) is 4.79 Å². The summed E-state index contributed by atoms with van der Waals surface area (Å²) in [6, 6.07) is 14.3. The molecule has 2 saturated heterocycles. The zero-order valence-electron chi connectivity index (χ0n) is 17.1. The maximum atomic E-state index is 12.8. The van der Waals surface area contributed by atoms with Crippen LogP contribution in [0.4, 0.5) is 11.5 Å². The van der Waals surface area contributed by atoms with E-state index in [9.17, 15) is 4.79 Å². The molecule has 2 fully saturated rings. The van der Waals surface area contributed by atoms with Crippen molar-refractivity contribution in [3.8, 4) is 5.75 Å². The number of benzene rings is 1. The molecule has 154 valence electrons. The fourth-order valence-corrected chi connectivity index (χ4v) is 4.15. The van der Waals surface area contributed by atoms with E-state index in [-0.39, 0.29) is 5.91 Å². The third kappa shape index (κ3) is 4.79. The molecule has 1 aromatic carbocycles. The van der Waals surface area contributed by atoms with Gasteiger partial charge in [0, 0.05) is 37.9 Å². The van der Waals surface area contributed by atoms with Crippen LogP contribution in [0.15, 0.2) is 48.7 Å². The number of carbonyl (C=O) groups excluding carboxylic acids is 1. The van der Waals surface area contributed by atoms with E-state index in [1.54, 1.807) is 7.11 Å². The van der Waals surface area contributed by atoms with Gasteiger partial charge in [0.05, 0.1) is 13.3 Å². The van der Waals surface area contributed by atoms with Crippen molar-refractivity contribution in [3.63, 3.8) is 0 Å². The SMILES string of the molecule is COc1ccc(N2CCN(C(=O)C[NH+]3CCN(c4cccc[nH+]4)CC3)CC2)cc1. The molecule has 7 nitrogen and oxygen atoms in total. The first-order valence-corrected chi connectivity index (χ1v) is 10.4. The van der Waals surface area contributed by atoms with Gasteiger partial charge in [-0.05, 0) is 30.3 Å². The Morgan fingerprint density at radius 1 is 0.966 bits per heavy atom. The number of aromatic nitrogens is 1. The van der Waals surface area contributed by atoms with Gasteiger partial charge in [-0.25, -0.2) is 4.98 Å². The summed E-state index contributed by atoms with van der Waals surface area (Å²) in [6.45, 7) is 7.92. The van der Waals surface area contributed by atoms with Gasteiger partial charge in [0.25, 0.3) is 11.7 Å². The van der Waals surface area contributed by atoms with E-state index in [0.717, 1.165) is 63.9 Å². The van der Waals surface area contributed by atoms with Gasteiger partial charge in [-0.2, -0.15) is 0 Å². The number of rotatable bonds is 5. The number of carbonyl (C=O) groups is 1. The average Bonchev–Trinajstić information content (AvgIpc) is 2.80. The van der Waals surface area contributed by atoms with Gasteiger partial charge < -0.3 is 19.4 Å². The highest BCUT2D eigenvalue weighted by molar-refractivity contribution is 5.77.